The van der Waals surface area contributed by atoms with Crippen LogP contribution in [0, 0.1) is 6.92 Å². The summed E-state index contributed by atoms with van der Waals surface area (Å²) >= 11 is 12.1. The Hall–Kier alpha value is -0.770. The van der Waals surface area contributed by atoms with E-state index in [1.807, 2.05) is 0 Å². The van der Waals surface area contributed by atoms with E-state index >= 15 is 0 Å². The fraction of sp³-hybridized carbons (Fsp3) is 0.417. The van der Waals surface area contributed by atoms with Gasteiger partial charge in [-0.05, 0) is 24.6 Å². The van der Waals surface area contributed by atoms with Crippen LogP contribution in [0.2, 0.25) is 10.0 Å². The first-order chi connectivity index (χ1) is 8.11. The van der Waals surface area contributed by atoms with Crippen molar-refractivity contribution >= 4 is 29.1 Å². The molecule has 1 aliphatic rings. The predicted octanol–water partition coefficient (Wildman–Crippen LogP) is 2.77. The summed E-state index contributed by atoms with van der Waals surface area (Å²) in [6.07, 6.45) is 0. The van der Waals surface area contributed by atoms with Crippen molar-refractivity contribution < 1.29 is 9.53 Å². The molecule has 0 bridgehead atoms. The molecule has 1 aromatic carbocycles. The smallest absolute Gasteiger partial charge is 0.255 e. The maximum Gasteiger partial charge on any atom is 0.255 e. The van der Waals surface area contributed by atoms with Crippen molar-refractivity contribution in [3.05, 3.63) is 33.3 Å². The summed E-state index contributed by atoms with van der Waals surface area (Å²) in [4.78, 5) is 14.0. The molecular weight excluding hydrogens is 261 g/mol. The van der Waals surface area contributed by atoms with Crippen molar-refractivity contribution in [3.8, 4) is 0 Å². The zero-order chi connectivity index (χ0) is 12.4. The quantitative estimate of drug-likeness (QED) is 0.788. The van der Waals surface area contributed by atoms with Gasteiger partial charge in [-0.2, -0.15) is 0 Å². The number of benzene rings is 1. The second-order valence-electron chi connectivity index (χ2n) is 3.94. The van der Waals surface area contributed by atoms with E-state index in [-0.39, 0.29) is 5.91 Å². The fourth-order valence-electron chi connectivity index (χ4n) is 1.76. The maximum atomic E-state index is 12.2. The van der Waals surface area contributed by atoms with Crippen LogP contribution >= 0.6 is 23.2 Å². The van der Waals surface area contributed by atoms with Gasteiger partial charge in [0.25, 0.3) is 5.91 Å². The zero-order valence-electron chi connectivity index (χ0n) is 9.50. The largest absolute Gasteiger partial charge is 0.378 e. The predicted molar refractivity (Wildman–Crippen MR) is 67.9 cm³/mol. The number of morpholine rings is 1. The normalized spacial score (nSPS) is 16.1. The molecule has 1 amide bonds. The van der Waals surface area contributed by atoms with Crippen molar-refractivity contribution in [3.63, 3.8) is 0 Å². The Morgan fingerprint density at radius 2 is 1.94 bits per heavy atom. The lowest BCUT2D eigenvalue weighted by Gasteiger charge is -2.27. The van der Waals surface area contributed by atoms with Crippen molar-refractivity contribution in [2.24, 2.45) is 0 Å². The average Bonchev–Trinajstić information content (AvgIpc) is 2.36. The van der Waals surface area contributed by atoms with Gasteiger partial charge in [-0.3, -0.25) is 4.79 Å². The van der Waals surface area contributed by atoms with Crippen LogP contribution in [-0.4, -0.2) is 37.1 Å². The molecule has 3 nitrogen and oxygen atoms in total. The molecule has 1 aromatic rings. The third-order valence-corrected chi connectivity index (χ3v) is 3.75. The minimum Gasteiger partial charge on any atom is -0.378 e. The Morgan fingerprint density at radius 1 is 1.29 bits per heavy atom. The van der Waals surface area contributed by atoms with Crippen LogP contribution < -0.4 is 0 Å². The number of halogens is 2. The molecule has 0 atom stereocenters. The number of hydrogen-bond donors (Lipinski definition) is 0. The van der Waals surface area contributed by atoms with Crippen molar-refractivity contribution in [1.29, 1.82) is 0 Å². The summed E-state index contributed by atoms with van der Waals surface area (Å²) in [5, 5.41) is 1.02. The summed E-state index contributed by atoms with van der Waals surface area (Å²) in [6.45, 7) is 4.18. The summed E-state index contributed by atoms with van der Waals surface area (Å²) in [5.41, 5.74) is 1.25. The zero-order valence-corrected chi connectivity index (χ0v) is 11.0. The Balaban J connectivity index is 2.27. The highest BCUT2D eigenvalue weighted by molar-refractivity contribution is 6.38. The summed E-state index contributed by atoms with van der Waals surface area (Å²) < 4.78 is 5.21. The van der Waals surface area contributed by atoms with Crippen LogP contribution in [0.25, 0.3) is 0 Å². The number of carbonyl (C=O) groups excluding carboxylic acids is 1. The third-order valence-electron chi connectivity index (χ3n) is 2.85. The molecule has 0 aromatic heterocycles. The molecule has 0 unspecified atom stereocenters. The lowest BCUT2D eigenvalue weighted by atomic mass is 10.1. The first-order valence-corrected chi connectivity index (χ1v) is 6.18. The van der Waals surface area contributed by atoms with Crippen LogP contribution in [0.4, 0.5) is 0 Å². The molecule has 0 saturated carbocycles. The number of rotatable bonds is 1. The van der Waals surface area contributed by atoms with E-state index in [4.69, 9.17) is 27.9 Å². The maximum absolute atomic E-state index is 12.2. The van der Waals surface area contributed by atoms with Gasteiger partial charge in [-0.1, -0.05) is 23.2 Å². The van der Waals surface area contributed by atoms with Gasteiger partial charge in [0.15, 0.2) is 0 Å². The minimum absolute atomic E-state index is 0.0573. The van der Waals surface area contributed by atoms with E-state index in [1.54, 1.807) is 24.0 Å². The van der Waals surface area contributed by atoms with Crippen molar-refractivity contribution in [1.82, 2.24) is 4.90 Å². The highest BCUT2D eigenvalue weighted by Crippen LogP contribution is 2.28. The van der Waals surface area contributed by atoms with E-state index in [0.717, 1.165) is 5.56 Å². The van der Waals surface area contributed by atoms with Gasteiger partial charge < -0.3 is 9.64 Å². The molecule has 1 saturated heterocycles. The minimum atomic E-state index is -0.0573. The Morgan fingerprint density at radius 3 is 2.59 bits per heavy atom. The second kappa shape index (κ2) is 5.25. The molecule has 0 radical (unpaired) electrons. The van der Waals surface area contributed by atoms with Crippen molar-refractivity contribution in [2.45, 2.75) is 6.92 Å². The van der Waals surface area contributed by atoms with Gasteiger partial charge in [0.2, 0.25) is 0 Å². The third kappa shape index (κ3) is 2.57. The van der Waals surface area contributed by atoms with Crippen LogP contribution in [0.5, 0.6) is 0 Å². The lowest BCUT2D eigenvalue weighted by Crippen LogP contribution is -2.40. The fourth-order valence-corrected chi connectivity index (χ4v) is 2.21. The van der Waals surface area contributed by atoms with Crippen LogP contribution in [-0.2, 0) is 4.74 Å². The highest BCUT2D eigenvalue weighted by Gasteiger charge is 2.21. The first-order valence-electron chi connectivity index (χ1n) is 5.43. The standard InChI is InChI=1S/C12H13Cl2NO2/c1-8-10(13)3-2-9(11(8)14)12(16)15-4-6-17-7-5-15/h2-3H,4-7H2,1H3. The monoisotopic (exact) mass is 273 g/mol. The molecule has 0 aliphatic carbocycles. The Bertz CT molecular complexity index is 442. The van der Waals surface area contributed by atoms with Gasteiger partial charge in [0.05, 0.1) is 23.8 Å². The first kappa shape index (κ1) is 12.7. The van der Waals surface area contributed by atoms with Gasteiger partial charge in [0.1, 0.15) is 0 Å². The van der Waals surface area contributed by atoms with Gasteiger partial charge in [-0.25, -0.2) is 0 Å². The van der Waals surface area contributed by atoms with Gasteiger partial charge in [0, 0.05) is 18.1 Å². The molecule has 17 heavy (non-hydrogen) atoms. The molecule has 0 N–H and O–H groups in total. The molecule has 1 aliphatic heterocycles. The number of nitrogens with zero attached hydrogens (tertiary/aromatic N) is 1. The van der Waals surface area contributed by atoms with E-state index < -0.39 is 0 Å². The lowest BCUT2D eigenvalue weighted by molar-refractivity contribution is 0.0303. The molecule has 5 heteroatoms. The molecule has 92 valence electrons. The molecule has 1 fully saturated rings. The molecule has 1 heterocycles. The van der Waals surface area contributed by atoms with E-state index in [9.17, 15) is 4.79 Å². The molecule has 0 spiro atoms. The van der Waals surface area contributed by atoms with Gasteiger partial charge in [-0.15, -0.1) is 0 Å². The summed E-state index contributed by atoms with van der Waals surface area (Å²) in [5.74, 6) is -0.0573. The average molecular weight is 274 g/mol. The van der Waals surface area contributed by atoms with Crippen LogP contribution in [0.1, 0.15) is 15.9 Å². The Kier molecular flexibility index (Phi) is 3.92. The van der Waals surface area contributed by atoms with E-state index in [0.29, 0.717) is 41.9 Å². The summed E-state index contributed by atoms with van der Waals surface area (Å²) in [6, 6.07) is 3.38. The van der Waals surface area contributed by atoms with Crippen LogP contribution in [0.15, 0.2) is 12.1 Å². The molecule has 2 rings (SSSR count). The summed E-state index contributed by atoms with van der Waals surface area (Å²) in [7, 11) is 0. The SMILES string of the molecule is Cc1c(Cl)ccc(C(=O)N2CCOCC2)c1Cl. The number of amides is 1. The van der Waals surface area contributed by atoms with E-state index in [2.05, 4.69) is 0 Å². The number of ether oxygens (including phenoxy) is 1. The number of carbonyl (C=O) groups is 1. The van der Waals surface area contributed by atoms with Crippen molar-refractivity contribution in [2.75, 3.05) is 26.3 Å². The van der Waals surface area contributed by atoms with Crippen LogP contribution in [0.3, 0.4) is 0 Å². The number of hydrogen-bond acceptors (Lipinski definition) is 2. The molecular formula is C12H13Cl2NO2. The highest BCUT2D eigenvalue weighted by atomic mass is 35.5. The topological polar surface area (TPSA) is 29.5 Å². The van der Waals surface area contributed by atoms with E-state index in [1.165, 1.54) is 0 Å². The second-order valence-corrected chi connectivity index (χ2v) is 4.72. The van der Waals surface area contributed by atoms with Gasteiger partial charge >= 0.3 is 0 Å². The Labute approximate surface area is 110 Å².